The molecule has 40 heavy (non-hydrogen) atoms. The van der Waals surface area contributed by atoms with E-state index in [1.54, 1.807) is 6.33 Å². The Kier molecular flexibility index (Phi) is 5.86. The average molecular weight is 517 g/mol. The SMILES string of the molecule is Cc1c(-c2cncnc2)ccc(-n2c3ccccc3c3cc(N(c4ccccc4)c4ccccc4)ccc32)c1C. The van der Waals surface area contributed by atoms with E-state index >= 15 is 0 Å². The third-order valence-corrected chi connectivity index (χ3v) is 7.81. The molecule has 4 nitrogen and oxygen atoms in total. The first kappa shape index (κ1) is 23.9. The number of aromatic nitrogens is 3. The summed E-state index contributed by atoms with van der Waals surface area (Å²) in [5.41, 5.74) is 11.6. The molecule has 0 unspecified atom stereocenters. The lowest BCUT2D eigenvalue weighted by atomic mass is 9.97. The van der Waals surface area contributed by atoms with Gasteiger partial charge in [-0.3, -0.25) is 0 Å². The van der Waals surface area contributed by atoms with Gasteiger partial charge in [0.1, 0.15) is 6.33 Å². The Labute approximate surface area is 233 Å². The maximum absolute atomic E-state index is 4.23. The fraction of sp³-hybridized carbons (Fsp3) is 0.0556. The van der Waals surface area contributed by atoms with Crippen LogP contribution in [0.3, 0.4) is 0 Å². The number of anilines is 3. The second-order valence-corrected chi connectivity index (χ2v) is 10.1. The molecule has 7 aromatic rings. The van der Waals surface area contributed by atoms with Crippen LogP contribution in [0.2, 0.25) is 0 Å². The first-order chi connectivity index (χ1) is 19.7. The molecule has 0 saturated carbocycles. The van der Waals surface area contributed by atoms with Gasteiger partial charge in [-0.1, -0.05) is 60.7 Å². The molecule has 0 aliphatic rings. The van der Waals surface area contributed by atoms with Gasteiger partial charge in [0.15, 0.2) is 0 Å². The maximum Gasteiger partial charge on any atom is 0.115 e. The Morgan fingerprint density at radius 2 is 1.18 bits per heavy atom. The van der Waals surface area contributed by atoms with Gasteiger partial charge in [0.25, 0.3) is 0 Å². The van der Waals surface area contributed by atoms with Crippen molar-refractivity contribution < 1.29 is 0 Å². The first-order valence-electron chi connectivity index (χ1n) is 13.5. The topological polar surface area (TPSA) is 34.0 Å². The molecule has 0 bridgehead atoms. The molecule has 2 aromatic heterocycles. The van der Waals surface area contributed by atoms with Crippen molar-refractivity contribution in [2.24, 2.45) is 0 Å². The van der Waals surface area contributed by atoms with Crippen molar-refractivity contribution in [1.29, 1.82) is 0 Å². The van der Waals surface area contributed by atoms with E-state index in [-0.39, 0.29) is 0 Å². The van der Waals surface area contributed by atoms with E-state index in [2.05, 4.69) is 149 Å². The Balaban J connectivity index is 1.45. The van der Waals surface area contributed by atoms with Crippen molar-refractivity contribution in [1.82, 2.24) is 14.5 Å². The Hall–Kier alpha value is -5.22. The van der Waals surface area contributed by atoms with E-state index in [4.69, 9.17) is 0 Å². The van der Waals surface area contributed by atoms with Gasteiger partial charge in [0.05, 0.1) is 11.0 Å². The molecule has 4 heteroatoms. The zero-order valence-electron chi connectivity index (χ0n) is 22.5. The van der Waals surface area contributed by atoms with Gasteiger partial charge in [0, 0.05) is 51.5 Å². The predicted octanol–water partition coefficient (Wildman–Crippen LogP) is 9.33. The summed E-state index contributed by atoms with van der Waals surface area (Å²) in [4.78, 5) is 10.8. The molecular weight excluding hydrogens is 488 g/mol. The van der Waals surface area contributed by atoms with Crippen LogP contribution in [0.1, 0.15) is 11.1 Å². The van der Waals surface area contributed by atoms with E-state index in [0.717, 1.165) is 28.2 Å². The summed E-state index contributed by atoms with van der Waals surface area (Å²) in [7, 11) is 0. The molecule has 0 aliphatic heterocycles. The van der Waals surface area contributed by atoms with Crippen molar-refractivity contribution >= 4 is 38.9 Å². The summed E-state index contributed by atoms with van der Waals surface area (Å²) in [5, 5.41) is 2.46. The highest BCUT2D eigenvalue weighted by Gasteiger charge is 2.19. The number of hydrogen-bond donors (Lipinski definition) is 0. The fourth-order valence-corrected chi connectivity index (χ4v) is 5.76. The van der Waals surface area contributed by atoms with Crippen LogP contribution in [0.25, 0.3) is 38.6 Å². The van der Waals surface area contributed by atoms with Gasteiger partial charge in [-0.25, -0.2) is 9.97 Å². The quantitative estimate of drug-likeness (QED) is 0.229. The number of benzene rings is 5. The maximum atomic E-state index is 4.23. The van der Waals surface area contributed by atoms with Crippen LogP contribution in [-0.4, -0.2) is 14.5 Å². The van der Waals surface area contributed by atoms with Gasteiger partial charge >= 0.3 is 0 Å². The normalized spacial score (nSPS) is 11.2. The summed E-state index contributed by atoms with van der Waals surface area (Å²) in [6, 6.07) is 41.0. The Morgan fingerprint density at radius 1 is 0.550 bits per heavy atom. The molecule has 5 aromatic carbocycles. The molecule has 0 N–H and O–H groups in total. The summed E-state index contributed by atoms with van der Waals surface area (Å²) in [5.74, 6) is 0. The molecule has 0 amide bonds. The van der Waals surface area contributed by atoms with E-state index in [1.165, 1.54) is 38.6 Å². The zero-order chi connectivity index (χ0) is 27.1. The van der Waals surface area contributed by atoms with Crippen molar-refractivity contribution in [2.45, 2.75) is 13.8 Å². The lowest BCUT2D eigenvalue weighted by Gasteiger charge is -2.25. The standard InChI is InChI=1S/C36H28N4/c1-25-26(2)34(20-18-31(25)27-22-37-24-38-23-27)40-35-16-10-9-15-32(35)33-21-30(17-19-36(33)40)39(28-11-5-3-6-12-28)29-13-7-4-8-14-29/h3-24H,1-2H3. The smallest absolute Gasteiger partial charge is 0.115 e. The summed E-state index contributed by atoms with van der Waals surface area (Å²) in [6.07, 6.45) is 5.33. The van der Waals surface area contributed by atoms with Gasteiger partial charge in [-0.15, -0.1) is 0 Å². The minimum atomic E-state index is 1.03. The van der Waals surface area contributed by atoms with Crippen LogP contribution in [-0.2, 0) is 0 Å². The Bertz CT molecular complexity index is 1920. The van der Waals surface area contributed by atoms with E-state index in [9.17, 15) is 0 Å². The van der Waals surface area contributed by atoms with Gasteiger partial charge < -0.3 is 9.47 Å². The van der Waals surface area contributed by atoms with E-state index < -0.39 is 0 Å². The number of hydrogen-bond acceptors (Lipinski definition) is 3. The summed E-state index contributed by atoms with van der Waals surface area (Å²) >= 11 is 0. The van der Waals surface area contributed by atoms with Crippen LogP contribution in [0.15, 0.2) is 134 Å². The van der Waals surface area contributed by atoms with Crippen molar-refractivity contribution in [3.05, 3.63) is 145 Å². The molecule has 7 rings (SSSR count). The molecule has 0 aliphatic carbocycles. The van der Waals surface area contributed by atoms with Crippen molar-refractivity contribution in [3.63, 3.8) is 0 Å². The lowest BCUT2D eigenvalue weighted by molar-refractivity contribution is 1.13. The molecule has 0 fully saturated rings. The zero-order valence-corrected chi connectivity index (χ0v) is 22.5. The number of rotatable bonds is 5. The second kappa shape index (κ2) is 9.83. The number of fused-ring (bicyclic) bond motifs is 3. The molecule has 0 atom stereocenters. The highest BCUT2D eigenvalue weighted by atomic mass is 15.1. The van der Waals surface area contributed by atoms with Crippen LogP contribution < -0.4 is 4.90 Å². The summed E-state index contributed by atoms with van der Waals surface area (Å²) in [6.45, 7) is 4.39. The summed E-state index contributed by atoms with van der Waals surface area (Å²) < 4.78 is 2.40. The largest absolute Gasteiger partial charge is 0.310 e. The van der Waals surface area contributed by atoms with E-state index in [1.807, 2.05) is 12.4 Å². The van der Waals surface area contributed by atoms with Gasteiger partial charge in [0.2, 0.25) is 0 Å². The number of nitrogens with zero attached hydrogens (tertiary/aromatic N) is 4. The van der Waals surface area contributed by atoms with Crippen LogP contribution in [0, 0.1) is 13.8 Å². The lowest BCUT2D eigenvalue weighted by Crippen LogP contribution is -2.09. The molecule has 2 heterocycles. The second-order valence-electron chi connectivity index (χ2n) is 10.1. The highest BCUT2D eigenvalue weighted by Crippen LogP contribution is 2.40. The molecule has 192 valence electrons. The van der Waals surface area contributed by atoms with Crippen LogP contribution >= 0.6 is 0 Å². The number of para-hydroxylation sites is 3. The molecule has 0 saturated heterocycles. The van der Waals surface area contributed by atoms with Crippen molar-refractivity contribution in [3.8, 4) is 16.8 Å². The van der Waals surface area contributed by atoms with Crippen LogP contribution in [0.4, 0.5) is 17.1 Å². The average Bonchev–Trinajstić information content (AvgIpc) is 3.34. The minimum absolute atomic E-state index is 1.03. The van der Waals surface area contributed by atoms with Gasteiger partial charge in [-0.2, -0.15) is 0 Å². The third kappa shape index (κ3) is 3.93. The highest BCUT2D eigenvalue weighted by molar-refractivity contribution is 6.10. The van der Waals surface area contributed by atoms with E-state index in [0.29, 0.717) is 0 Å². The Morgan fingerprint density at radius 3 is 1.88 bits per heavy atom. The monoisotopic (exact) mass is 516 g/mol. The fourth-order valence-electron chi connectivity index (χ4n) is 5.76. The molecule has 0 spiro atoms. The molecular formula is C36H28N4. The third-order valence-electron chi connectivity index (χ3n) is 7.81. The minimum Gasteiger partial charge on any atom is -0.310 e. The van der Waals surface area contributed by atoms with Crippen molar-refractivity contribution in [2.75, 3.05) is 4.90 Å². The first-order valence-corrected chi connectivity index (χ1v) is 13.5. The van der Waals surface area contributed by atoms with Gasteiger partial charge in [-0.05, 0) is 85.1 Å². The predicted molar refractivity (Wildman–Crippen MR) is 166 cm³/mol. The molecule has 0 radical (unpaired) electrons. The van der Waals surface area contributed by atoms with Crippen LogP contribution in [0.5, 0.6) is 0 Å².